The molecule has 1 amide bonds. The van der Waals surface area contributed by atoms with Gasteiger partial charge in [-0.3, -0.25) is 4.79 Å². The van der Waals surface area contributed by atoms with Crippen molar-refractivity contribution >= 4 is 28.5 Å². The largest absolute Gasteiger partial charge is 0.507 e. The highest BCUT2D eigenvalue weighted by atomic mass is 127. The van der Waals surface area contributed by atoms with E-state index in [1.54, 1.807) is 18.2 Å². The average Bonchev–Trinajstić information content (AvgIpc) is 3.16. The first-order valence-electron chi connectivity index (χ1n) is 6.78. The van der Waals surface area contributed by atoms with Gasteiger partial charge in [-0.1, -0.05) is 13.8 Å². The van der Waals surface area contributed by atoms with E-state index in [1.807, 2.05) is 4.90 Å². The van der Waals surface area contributed by atoms with Crippen molar-refractivity contribution < 1.29 is 9.90 Å². The number of aromatic hydroxyl groups is 1. The fourth-order valence-electron chi connectivity index (χ4n) is 2.04. The van der Waals surface area contributed by atoms with Crippen LogP contribution in [-0.2, 0) is 0 Å². The number of rotatable bonds is 5. The third kappa shape index (κ3) is 3.84. The molecule has 1 aromatic carbocycles. The molecule has 0 radical (unpaired) electrons. The molecule has 0 bridgehead atoms. The van der Waals surface area contributed by atoms with Gasteiger partial charge in [0.1, 0.15) is 5.75 Å². The summed E-state index contributed by atoms with van der Waals surface area (Å²) >= 11 is 2.06. The van der Waals surface area contributed by atoms with Gasteiger partial charge in [0.15, 0.2) is 0 Å². The molecule has 104 valence electrons. The average molecular weight is 373 g/mol. The molecule has 4 heteroatoms. The summed E-state index contributed by atoms with van der Waals surface area (Å²) in [6, 6.07) is 5.58. The van der Waals surface area contributed by atoms with Crippen LogP contribution in [0.15, 0.2) is 18.2 Å². The van der Waals surface area contributed by atoms with E-state index in [1.165, 1.54) is 0 Å². The van der Waals surface area contributed by atoms with Crippen molar-refractivity contribution in [3.05, 3.63) is 27.3 Å². The first-order chi connectivity index (χ1) is 8.99. The quantitative estimate of drug-likeness (QED) is 0.801. The third-order valence-corrected chi connectivity index (χ3v) is 4.30. The summed E-state index contributed by atoms with van der Waals surface area (Å²) in [4.78, 5) is 14.5. The Labute approximate surface area is 128 Å². The van der Waals surface area contributed by atoms with Crippen LogP contribution in [0.25, 0.3) is 0 Å². The molecule has 2 rings (SSSR count). The van der Waals surface area contributed by atoms with E-state index in [-0.39, 0.29) is 11.7 Å². The second-order valence-electron chi connectivity index (χ2n) is 5.58. The van der Waals surface area contributed by atoms with Crippen molar-refractivity contribution in [2.24, 2.45) is 5.92 Å². The minimum atomic E-state index is 0.0508. The van der Waals surface area contributed by atoms with Gasteiger partial charge in [-0.15, -0.1) is 0 Å². The second-order valence-corrected chi connectivity index (χ2v) is 6.74. The van der Waals surface area contributed by atoms with E-state index in [0.29, 0.717) is 17.5 Å². The van der Waals surface area contributed by atoms with Crippen LogP contribution in [0.1, 0.15) is 43.5 Å². The summed E-state index contributed by atoms with van der Waals surface area (Å²) < 4.78 is 0.773. The Morgan fingerprint density at radius 1 is 1.47 bits per heavy atom. The van der Waals surface area contributed by atoms with Crippen LogP contribution >= 0.6 is 22.6 Å². The SMILES string of the molecule is CC(C)CCN(C(=O)c1ccc(I)c(O)c1)C1CC1. The van der Waals surface area contributed by atoms with E-state index in [2.05, 4.69) is 36.4 Å². The molecule has 0 heterocycles. The zero-order valence-electron chi connectivity index (χ0n) is 11.4. The van der Waals surface area contributed by atoms with E-state index in [4.69, 9.17) is 0 Å². The first-order valence-corrected chi connectivity index (χ1v) is 7.86. The maximum atomic E-state index is 12.5. The lowest BCUT2D eigenvalue weighted by atomic mass is 10.1. The molecule has 0 spiro atoms. The summed E-state index contributed by atoms with van der Waals surface area (Å²) in [5.74, 6) is 0.833. The fraction of sp³-hybridized carbons (Fsp3) is 0.533. The molecule has 0 saturated heterocycles. The molecule has 1 saturated carbocycles. The third-order valence-electron chi connectivity index (χ3n) is 3.39. The topological polar surface area (TPSA) is 40.5 Å². The summed E-state index contributed by atoms with van der Waals surface area (Å²) in [6.07, 6.45) is 3.25. The van der Waals surface area contributed by atoms with Crippen LogP contribution in [0.4, 0.5) is 0 Å². The van der Waals surface area contributed by atoms with Crippen molar-refractivity contribution in [2.75, 3.05) is 6.54 Å². The van der Waals surface area contributed by atoms with Gasteiger partial charge >= 0.3 is 0 Å². The van der Waals surface area contributed by atoms with E-state index in [0.717, 1.165) is 29.4 Å². The predicted molar refractivity (Wildman–Crippen MR) is 84.3 cm³/mol. The number of hydrogen-bond donors (Lipinski definition) is 1. The zero-order chi connectivity index (χ0) is 14.0. The molecular weight excluding hydrogens is 353 g/mol. The van der Waals surface area contributed by atoms with Gasteiger partial charge in [0.2, 0.25) is 0 Å². The highest BCUT2D eigenvalue weighted by Gasteiger charge is 2.32. The second kappa shape index (κ2) is 6.11. The van der Waals surface area contributed by atoms with Gasteiger partial charge in [-0.05, 0) is 66.0 Å². The van der Waals surface area contributed by atoms with Gasteiger partial charge in [-0.25, -0.2) is 0 Å². The van der Waals surface area contributed by atoms with E-state index < -0.39 is 0 Å². The molecular formula is C15H20INO2. The molecule has 19 heavy (non-hydrogen) atoms. The molecule has 0 aromatic heterocycles. The van der Waals surface area contributed by atoms with Crippen molar-refractivity contribution in [1.29, 1.82) is 0 Å². The molecule has 0 aliphatic heterocycles. The maximum absolute atomic E-state index is 12.5. The van der Waals surface area contributed by atoms with Crippen LogP contribution in [0.3, 0.4) is 0 Å². The Hall–Kier alpha value is -0.780. The lowest BCUT2D eigenvalue weighted by molar-refractivity contribution is 0.0735. The number of carbonyl (C=O) groups is 1. The van der Waals surface area contributed by atoms with Crippen LogP contribution < -0.4 is 0 Å². The Balaban J connectivity index is 2.12. The Kier molecular flexibility index (Phi) is 4.71. The summed E-state index contributed by atoms with van der Waals surface area (Å²) in [6.45, 7) is 5.16. The number of benzene rings is 1. The molecule has 0 atom stereocenters. The number of phenolic OH excluding ortho intramolecular Hbond substituents is 1. The van der Waals surface area contributed by atoms with Gasteiger partial charge in [0.25, 0.3) is 5.91 Å². The van der Waals surface area contributed by atoms with Crippen LogP contribution in [0.5, 0.6) is 5.75 Å². The van der Waals surface area contributed by atoms with Crippen LogP contribution in [0.2, 0.25) is 0 Å². The summed E-state index contributed by atoms with van der Waals surface area (Å²) in [5.41, 5.74) is 0.591. The molecule has 1 aliphatic rings. The van der Waals surface area contributed by atoms with Crippen molar-refractivity contribution in [3.8, 4) is 5.75 Å². The normalized spacial score (nSPS) is 14.7. The van der Waals surface area contributed by atoms with E-state index >= 15 is 0 Å². The zero-order valence-corrected chi connectivity index (χ0v) is 13.6. The maximum Gasteiger partial charge on any atom is 0.254 e. The van der Waals surface area contributed by atoms with Gasteiger partial charge in [-0.2, -0.15) is 0 Å². The molecule has 1 aromatic rings. The molecule has 1 N–H and O–H groups in total. The molecule has 1 fully saturated rings. The standard InChI is InChI=1S/C15H20INO2/c1-10(2)7-8-17(12-4-5-12)15(19)11-3-6-13(16)14(18)9-11/h3,6,9-10,12,18H,4-5,7-8H2,1-2H3. The smallest absolute Gasteiger partial charge is 0.254 e. The minimum Gasteiger partial charge on any atom is -0.507 e. The van der Waals surface area contributed by atoms with Crippen LogP contribution in [-0.4, -0.2) is 28.5 Å². The highest BCUT2D eigenvalue weighted by molar-refractivity contribution is 14.1. The lowest BCUT2D eigenvalue weighted by Gasteiger charge is -2.23. The number of amides is 1. The van der Waals surface area contributed by atoms with Crippen LogP contribution in [0, 0.1) is 9.49 Å². The van der Waals surface area contributed by atoms with Crippen molar-refractivity contribution in [3.63, 3.8) is 0 Å². The van der Waals surface area contributed by atoms with Gasteiger partial charge < -0.3 is 10.0 Å². The number of halogens is 1. The molecule has 0 unspecified atom stereocenters. The number of nitrogens with zero attached hydrogens (tertiary/aromatic N) is 1. The number of hydrogen-bond acceptors (Lipinski definition) is 2. The molecule has 1 aliphatic carbocycles. The minimum absolute atomic E-state index is 0.0508. The lowest BCUT2D eigenvalue weighted by Crippen LogP contribution is -2.34. The number of carbonyl (C=O) groups excluding carboxylic acids is 1. The van der Waals surface area contributed by atoms with Crippen molar-refractivity contribution in [1.82, 2.24) is 4.90 Å². The predicted octanol–water partition coefficient (Wildman–Crippen LogP) is 3.65. The Bertz CT molecular complexity index is 469. The Morgan fingerprint density at radius 2 is 2.16 bits per heavy atom. The van der Waals surface area contributed by atoms with E-state index in [9.17, 15) is 9.90 Å². The monoisotopic (exact) mass is 373 g/mol. The van der Waals surface area contributed by atoms with Gasteiger partial charge in [0.05, 0.1) is 3.57 Å². The summed E-state index contributed by atoms with van der Waals surface area (Å²) in [5, 5.41) is 9.72. The van der Waals surface area contributed by atoms with Crippen molar-refractivity contribution in [2.45, 2.75) is 39.2 Å². The van der Waals surface area contributed by atoms with Gasteiger partial charge in [0, 0.05) is 18.2 Å². The first kappa shape index (κ1) is 14.6. The highest BCUT2D eigenvalue weighted by Crippen LogP contribution is 2.30. The summed E-state index contributed by atoms with van der Waals surface area (Å²) in [7, 11) is 0. The fourth-order valence-corrected chi connectivity index (χ4v) is 2.38. The Morgan fingerprint density at radius 3 is 2.68 bits per heavy atom. The molecule has 3 nitrogen and oxygen atoms in total. The number of phenols is 1.